The molecule has 3 N–H and O–H groups in total. The van der Waals surface area contributed by atoms with E-state index in [2.05, 4.69) is 31.0 Å². The largest absolute Gasteiger partial charge is 0.354 e. The predicted molar refractivity (Wildman–Crippen MR) is 122 cm³/mol. The number of anilines is 2. The van der Waals surface area contributed by atoms with Crippen LogP contribution in [0.1, 0.15) is 42.2 Å². The Balaban J connectivity index is 1.40. The van der Waals surface area contributed by atoms with Crippen molar-refractivity contribution in [1.82, 2.24) is 20.8 Å². The summed E-state index contributed by atoms with van der Waals surface area (Å²) in [7, 11) is 0. The van der Waals surface area contributed by atoms with Gasteiger partial charge in [-0.05, 0) is 56.2 Å². The van der Waals surface area contributed by atoms with Crippen molar-refractivity contribution >= 4 is 29.2 Å². The summed E-state index contributed by atoms with van der Waals surface area (Å²) in [5.41, 5.74) is 2.01. The van der Waals surface area contributed by atoms with Gasteiger partial charge in [-0.25, -0.2) is 0 Å². The van der Waals surface area contributed by atoms with Crippen molar-refractivity contribution < 1.29 is 14.4 Å². The Morgan fingerprint density at radius 2 is 1.78 bits per heavy atom. The molecule has 170 valence electrons. The molecule has 1 saturated heterocycles. The number of piperidine rings is 1. The van der Waals surface area contributed by atoms with Gasteiger partial charge in [-0.3, -0.25) is 14.4 Å². The molecule has 1 aromatic carbocycles. The quantitative estimate of drug-likeness (QED) is 0.542. The summed E-state index contributed by atoms with van der Waals surface area (Å²) in [5, 5.41) is 16.8. The number of hydrogen-bond acceptors (Lipinski definition) is 6. The maximum absolute atomic E-state index is 12.6. The lowest BCUT2D eigenvalue weighted by atomic mass is 9.97. The van der Waals surface area contributed by atoms with Crippen LogP contribution in [-0.4, -0.2) is 54.1 Å². The van der Waals surface area contributed by atoms with Crippen molar-refractivity contribution in [2.75, 3.05) is 36.4 Å². The number of nitrogens with zero attached hydrogens (tertiary/aromatic N) is 3. The van der Waals surface area contributed by atoms with Gasteiger partial charge in [-0.2, -0.15) is 5.10 Å². The summed E-state index contributed by atoms with van der Waals surface area (Å²) in [6.45, 7) is 5.83. The fourth-order valence-electron chi connectivity index (χ4n) is 3.52. The number of aryl methyl sites for hydroxylation is 1. The standard InChI is InChI=1S/C23H30N6O3/c1-3-21(30)26-19-9-7-17(8-10-19)22(31)24-12-13-25-23(32)18-5-4-14-29(15-18)20-11-6-16(2)27-28-20/h6-11,18H,3-5,12-15H2,1-2H3,(H,24,31)(H,25,32)(H,26,30). The van der Waals surface area contributed by atoms with E-state index >= 15 is 0 Å². The van der Waals surface area contributed by atoms with Gasteiger partial charge in [0.2, 0.25) is 11.8 Å². The Hall–Kier alpha value is -3.49. The first kappa shape index (κ1) is 23.2. The van der Waals surface area contributed by atoms with Gasteiger partial charge in [0.05, 0.1) is 11.6 Å². The van der Waals surface area contributed by atoms with Crippen LogP contribution in [0, 0.1) is 12.8 Å². The zero-order valence-electron chi connectivity index (χ0n) is 18.6. The topological polar surface area (TPSA) is 116 Å². The predicted octanol–water partition coefficient (Wildman–Crippen LogP) is 1.90. The fraction of sp³-hybridized carbons (Fsp3) is 0.435. The molecule has 1 unspecified atom stereocenters. The highest BCUT2D eigenvalue weighted by molar-refractivity contribution is 5.95. The van der Waals surface area contributed by atoms with Crippen molar-refractivity contribution in [2.45, 2.75) is 33.1 Å². The molecule has 0 saturated carbocycles. The smallest absolute Gasteiger partial charge is 0.251 e. The molecule has 0 spiro atoms. The molecule has 3 rings (SSSR count). The van der Waals surface area contributed by atoms with E-state index in [0.717, 1.165) is 30.9 Å². The van der Waals surface area contributed by atoms with E-state index in [1.165, 1.54) is 0 Å². The van der Waals surface area contributed by atoms with Gasteiger partial charge >= 0.3 is 0 Å². The highest BCUT2D eigenvalue weighted by Gasteiger charge is 2.26. The van der Waals surface area contributed by atoms with E-state index in [1.807, 2.05) is 19.1 Å². The SMILES string of the molecule is CCC(=O)Nc1ccc(C(=O)NCCNC(=O)C2CCCN(c3ccc(C)nn3)C2)cc1. The Bertz CT molecular complexity index is 930. The Kier molecular flexibility index (Phi) is 8.13. The lowest BCUT2D eigenvalue weighted by Crippen LogP contribution is -2.45. The van der Waals surface area contributed by atoms with Crippen molar-refractivity contribution in [3.05, 3.63) is 47.7 Å². The normalized spacial score (nSPS) is 15.7. The second kappa shape index (κ2) is 11.2. The second-order valence-corrected chi connectivity index (χ2v) is 7.84. The number of rotatable bonds is 8. The maximum Gasteiger partial charge on any atom is 0.251 e. The average molecular weight is 439 g/mol. The third-order valence-corrected chi connectivity index (χ3v) is 5.36. The zero-order chi connectivity index (χ0) is 22.9. The van der Waals surface area contributed by atoms with Gasteiger partial charge in [0.25, 0.3) is 5.91 Å². The number of nitrogens with one attached hydrogen (secondary N) is 3. The minimum absolute atomic E-state index is 0.0139. The molecule has 9 heteroatoms. The van der Waals surface area contributed by atoms with Crippen molar-refractivity contribution in [3.8, 4) is 0 Å². The third kappa shape index (κ3) is 6.50. The van der Waals surface area contributed by atoms with E-state index in [-0.39, 0.29) is 23.6 Å². The molecule has 0 aliphatic carbocycles. The number of benzene rings is 1. The monoisotopic (exact) mass is 438 g/mol. The summed E-state index contributed by atoms with van der Waals surface area (Å²) in [4.78, 5) is 38.4. The zero-order valence-corrected chi connectivity index (χ0v) is 18.6. The minimum Gasteiger partial charge on any atom is -0.354 e. The van der Waals surface area contributed by atoms with Gasteiger partial charge in [0, 0.05) is 43.9 Å². The molecule has 2 heterocycles. The van der Waals surface area contributed by atoms with Crippen molar-refractivity contribution in [3.63, 3.8) is 0 Å². The van der Waals surface area contributed by atoms with Gasteiger partial charge in [-0.1, -0.05) is 6.92 Å². The van der Waals surface area contributed by atoms with Crippen LogP contribution >= 0.6 is 0 Å². The van der Waals surface area contributed by atoms with Crippen LogP contribution in [-0.2, 0) is 9.59 Å². The molecular weight excluding hydrogens is 408 g/mol. The minimum atomic E-state index is -0.227. The molecule has 0 bridgehead atoms. The molecule has 1 atom stereocenters. The van der Waals surface area contributed by atoms with Crippen LogP contribution in [0.4, 0.5) is 11.5 Å². The first-order valence-electron chi connectivity index (χ1n) is 11.0. The van der Waals surface area contributed by atoms with Gasteiger partial charge in [-0.15, -0.1) is 5.10 Å². The van der Waals surface area contributed by atoms with Crippen LogP contribution < -0.4 is 20.9 Å². The van der Waals surface area contributed by atoms with E-state index in [0.29, 0.717) is 37.3 Å². The first-order valence-corrected chi connectivity index (χ1v) is 11.0. The summed E-state index contributed by atoms with van der Waals surface area (Å²) in [6.07, 6.45) is 2.14. The molecule has 1 aromatic heterocycles. The van der Waals surface area contributed by atoms with E-state index in [1.54, 1.807) is 31.2 Å². The summed E-state index contributed by atoms with van der Waals surface area (Å²) in [5.74, 6) is 0.356. The molecule has 9 nitrogen and oxygen atoms in total. The van der Waals surface area contributed by atoms with Gasteiger partial charge in [0.15, 0.2) is 5.82 Å². The van der Waals surface area contributed by atoms with Crippen LogP contribution in [0.15, 0.2) is 36.4 Å². The lowest BCUT2D eigenvalue weighted by molar-refractivity contribution is -0.125. The molecular formula is C23H30N6O3. The summed E-state index contributed by atoms with van der Waals surface area (Å²) in [6, 6.07) is 10.6. The van der Waals surface area contributed by atoms with Crippen LogP contribution in [0.25, 0.3) is 0 Å². The number of hydrogen-bond donors (Lipinski definition) is 3. The molecule has 1 aliphatic heterocycles. The third-order valence-electron chi connectivity index (χ3n) is 5.36. The van der Waals surface area contributed by atoms with Crippen molar-refractivity contribution in [1.29, 1.82) is 0 Å². The molecule has 2 aromatic rings. The lowest BCUT2D eigenvalue weighted by Gasteiger charge is -2.32. The Morgan fingerprint density at radius 1 is 1.03 bits per heavy atom. The maximum atomic E-state index is 12.6. The number of carbonyl (C=O) groups is 3. The highest BCUT2D eigenvalue weighted by atomic mass is 16.2. The second-order valence-electron chi connectivity index (χ2n) is 7.84. The van der Waals surface area contributed by atoms with E-state index in [9.17, 15) is 14.4 Å². The summed E-state index contributed by atoms with van der Waals surface area (Å²) < 4.78 is 0. The van der Waals surface area contributed by atoms with Gasteiger partial charge < -0.3 is 20.9 Å². The number of aromatic nitrogens is 2. The van der Waals surface area contributed by atoms with E-state index in [4.69, 9.17) is 0 Å². The highest BCUT2D eigenvalue weighted by Crippen LogP contribution is 2.21. The van der Waals surface area contributed by atoms with Crippen molar-refractivity contribution in [2.24, 2.45) is 5.92 Å². The fourth-order valence-corrected chi connectivity index (χ4v) is 3.52. The van der Waals surface area contributed by atoms with Crippen LogP contribution in [0.5, 0.6) is 0 Å². The molecule has 1 fully saturated rings. The number of amides is 3. The van der Waals surface area contributed by atoms with Gasteiger partial charge in [0.1, 0.15) is 0 Å². The van der Waals surface area contributed by atoms with Crippen LogP contribution in [0.2, 0.25) is 0 Å². The first-order chi connectivity index (χ1) is 15.5. The van der Waals surface area contributed by atoms with Crippen LogP contribution in [0.3, 0.4) is 0 Å². The molecule has 32 heavy (non-hydrogen) atoms. The number of carbonyl (C=O) groups excluding carboxylic acids is 3. The molecule has 1 aliphatic rings. The summed E-state index contributed by atoms with van der Waals surface area (Å²) >= 11 is 0. The molecule has 0 radical (unpaired) electrons. The van der Waals surface area contributed by atoms with E-state index < -0.39 is 0 Å². The Morgan fingerprint density at radius 3 is 2.47 bits per heavy atom. The average Bonchev–Trinajstić information content (AvgIpc) is 2.82. The molecule has 3 amide bonds. The Labute approximate surface area is 188 Å².